The second-order valence-corrected chi connectivity index (χ2v) is 41.0. The van der Waals surface area contributed by atoms with Crippen LogP contribution >= 0.6 is 69.6 Å². The van der Waals surface area contributed by atoms with Gasteiger partial charge in [0.1, 0.15) is 86.3 Å². The standard InChI is InChI=1S/C90H90Cl6N2O24Si/c1-88(2,3)123(4,5)122-71-69(105-47-53-32-16-7-17-33-53)75(113-77(100)57-40-24-11-25-41-57)85(120-73(71)79(102)107-49-55-36-20-9-21-37-55)116-66-62(97-86(103)89(91,92)93)82(110-60-50-108-80(114-64(60)66)58-42-26-12-27-43-58)118-70-68(104-46-52-30-14-6-15-31-52)74(112-76(99)56-38-22-10-23-39-56)84(119-72(70)78(101)106-48-54-34-18-8-19-35-54)117-67-63-83(121-87(98-63)90(94,95)96)111-61-51-109-81(115-65(61)67)59-44-28-13-29-45-59/h6-45,60-75,80-85H,46-51H2,1-5H3,(H,97,103)/t60-,61-,62-,63-,64-,65-,66-,67-,68+,69+,70+,71+,72+,73+,74-,75-,80-,81-,82+,83-,84-,85-/m1/s1. The fourth-order valence-corrected chi connectivity index (χ4v) is 16.7. The molecule has 1 amide bonds. The third-order valence-electron chi connectivity index (χ3n) is 22.2. The van der Waals surface area contributed by atoms with Crippen molar-refractivity contribution in [2.75, 3.05) is 13.2 Å². The summed E-state index contributed by atoms with van der Waals surface area (Å²) in [5, 5.41) is 2.28. The van der Waals surface area contributed by atoms with E-state index in [1.54, 1.807) is 188 Å². The Labute approximate surface area is 741 Å². The van der Waals surface area contributed by atoms with E-state index in [-0.39, 0.29) is 56.7 Å². The zero-order chi connectivity index (χ0) is 86.2. The first kappa shape index (κ1) is 89.8. The summed E-state index contributed by atoms with van der Waals surface area (Å²) in [5.41, 5.74) is 3.58. The zero-order valence-corrected chi connectivity index (χ0v) is 72.6. The normalized spacial score (nSPS) is 29.5. The molecular weight excluding hydrogens is 1730 g/mol. The van der Waals surface area contributed by atoms with Gasteiger partial charge in [0.05, 0.1) is 37.6 Å². The van der Waals surface area contributed by atoms with Crippen molar-refractivity contribution in [2.24, 2.45) is 4.99 Å². The fraction of sp³-hybridized carbons (Fsp3) is 0.400. The minimum absolute atomic E-state index is 0.0305. The molecule has 22 atom stereocenters. The van der Waals surface area contributed by atoms with Gasteiger partial charge >= 0.3 is 23.9 Å². The fourth-order valence-electron chi connectivity index (χ4n) is 15.0. The molecule has 0 bridgehead atoms. The number of nitrogens with one attached hydrogen (secondary N) is 1. The maximum absolute atomic E-state index is 16.2. The van der Waals surface area contributed by atoms with Crippen molar-refractivity contribution in [1.29, 1.82) is 0 Å². The van der Waals surface area contributed by atoms with Gasteiger partial charge in [-0.1, -0.05) is 309 Å². The number of fused-ring (bicyclic) bond motifs is 3. The van der Waals surface area contributed by atoms with Crippen LogP contribution in [-0.4, -0.2) is 187 Å². The zero-order valence-electron chi connectivity index (χ0n) is 67.1. The highest BCUT2D eigenvalue weighted by atomic mass is 35.6. The number of esters is 4. The Morgan fingerprint density at radius 3 is 1.24 bits per heavy atom. The third kappa shape index (κ3) is 21.8. The number of carbonyl (C=O) groups excluding carboxylic acids is 5. The summed E-state index contributed by atoms with van der Waals surface area (Å²) in [6.07, 6.45) is -32.5. The van der Waals surface area contributed by atoms with Gasteiger partial charge in [-0.3, -0.25) is 4.79 Å². The number of nitrogens with zero attached hydrogens (tertiary/aromatic N) is 1. The van der Waals surface area contributed by atoms with E-state index < -0.39 is 186 Å². The van der Waals surface area contributed by atoms with E-state index in [0.29, 0.717) is 33.4 Å². The van der Waals surface area contributed by atoms with Crippen molar-refractivity contribution in [3.63, 3.8) is 0 Å². The van der Waals surface area contributed by atoms with Crippen molar-refractivity contribution < 1.29 is 114 Å². The summed E-state index contributed by atoms with van der Waals surface area (Å²) in [6, 6.07) is 66.4. The maximum Gasteiger partial charge on any atom is 0.338 e. The lowest BCUT2D eigenvalue weighted by molar-refractivity contribution is -0.395. The molecule has 0 spiro atoms. The molecule has 0 unspecified atom stereocenters. The predicted molar refractivity (Wildman–Crippen MR) is 450 cm³/mol. The van der Waals surface area contributed by atoms with Crippen LogP contribution in [0.15, 0.2) is 248 Å². The quantitative estimate of drug-likeness (QED) is 0.0217. The third-order valence-corrected chi connectivity index (χ3v) is 27.6. The summed E-state index contributed by atoms with van der Waals surface area (Å²) in [4.78, 5) is 82.6. The van der Waals surface area contributed by atoms with Crippen LogP contribution in [0.4, 0.5) is 0 Å². The van der Waals surface area contributed by atoms with Gasteiger partial charge in [0.15, 0.2) is 64.2 Å². The number of halogens is 6. The lowest BCUT2D eigenvalue weighted by Crippen LogP contribution is -2.72. The van der Waals surface area contributed by atoms with Gasteiger partial charge in [0.25, 0.3) is 13.5 Å². The number of aliphatic imine (C=N–C) groups is 1. The van der Waals surface area contributed by atoms with E-state index in [1.165, 1.54) is 12.1 Å². The van der Waals surface area contributed by atoms with Crippen LogP contribution in [-0.2, 0) is 131 Å². The van der Waals surface area contributed by atoms with Gasteiger partial charge in [0.2, 0.25) is 12.2 Å². The second kappa shape index (κ2) is 39.9. The van der Waals surface area contributed by atoms with Crippen molar-refractivity contribution in [3.05, 3.63) is 287 Å². The van der Waals surface area contributed by atoms with Crippen LogP contribution < -0.4 is 5.32 Å². The van der Waals surface area contributed by atoms with E-state index in [1.807, 2.05) is 76.3 Å². The number of alkyl halides is 6. The molecule has 6 fully saturated rings. The van der Waals surface area contributed by atoms with Gasteiger partial charge in [-0.25, -0.2) is 24.2 Å². The summed E-state index contributed by atoms with van der Waals surface area (Å²) in [7, 11) is -3.14. The number of amides is 1. The van der Waals surface area contributed by atoms with E-state index in [0.717, 1.165) is 0 Å². The van der Waals surface area contributed by atoms with Gasteiger partial charge in [-0.2, -0.15) is 0 Å². The summed E-state index contributed by atoms with van der Waals surface area (Å²) >= 11 is 39.7. The van der Waals surface area contributed by atoms with Crippen molar-refractivity contribution in [3.8, 4) is 0 Å². The van der Waals surface area contributed by atoms with Crippen LogP contribution in [0.2, 0.25) is 18.1 Å². The first-order chi connectivity index (χ1) is 59.2. The lowest BCUT2D eigenvalue weighted by atomic mass is 9.93. The molecule has 26 nitrogen and oxygen atoms in total. The molecule has 0 saturated carbocycles. The summed E-state index contributed by atoms with van der Waals surface area (Å²) in [6.45, 7) is 8.36. The molecule has 0 aliphatic carbocycles. The largest absolute Gasteiger partial charge is 0.459 e. The van der Waals surface area contributed by atoms with Gasteiger partial charge in [0, 0.05) is 11.1 Å². The average molecular weight is 1820 g/mol. The molecular formula is C90H90Cl6N2O24Si. The Bertz CT molecular complexity index is 4870. The Morgan fingerprint density at radius 1 is 0.431 bits per heavy atom. The number of hydrogen-bond donors (Lipinski definition) is 1. The number of hydrogen-bond acceptors (Lipinski definition) is 25. The lowest BCUT2D eigenvalue weighted by Gasteiger charge is -2.53. The van der Waals surface area contributed by atoms with Crippen LogP contribution in [0.3, 0.4) is 0 Å². The Balaban J connectivity index is 0.899. The minimum atomic E-state index is -3.14. The number of carbonyl (C=O) groups is 5. The van der Waals surface area contributed by atoms with Crippen molar-refractivity contribution in [1.82, 2.24) is 5.32 Å². The molecule has 15 rings (SSSR count). The highest BCUT2D eigenvalue weighted by molar-refractivity contribution is 6.77. The van der Waals surface area contributed by atoms with Gasteiger partial charge < -0.3 is 95.0 Å². The molecule has 650 valence electrons. The van der Waals surface area contributed by atoms with Crippen LogP contribution in [0, 0.1) is 0 Å². The summed E-state index contributed by atoms with van der Waals surface area (Å²) in [5.74, 6) is -5.64. The molecule has 8 aromatic rings. The molecule has 7 aliphatic rings. The van der Waals surface area contributed by atoms with Crippen LogP contribution in [0.25, 0.3) is 0 Å². The summed E-state index contributed by atoms with van der Waals surface area (Å²) < 4.78 is 126. The molecule has 6 saturated heterocycles. The van der Waals surface area contributed by atoms with Crippen LogP contribution in [0.5, 0.6) is 0 Å². The molecule has 8 aromatic carbocycles. The monoisotopic (exact) mass is 1820 g/mol. The molecule has 0 aromatic heterocycles. The maximum atomic E-state index is 16.2. The predicted octanol–water partition coefficient (Wildman–Crippen LogP) is 14.8. The molecule has 1 N–H and O–H groups in total. The molecule has 7 heterocycles. The van der Waals surface area contributed by atoms with Crippen molar-refractivity contribution in [2.45, 2.75) is 208 Å². The second-order valence-electron chi connectivity index (χ2n) is 31.7. The molecule has 7 aliphatic heterocycles. The van der Waals surface area contributed by atoms with Crippen molar-refractivity contribution >= 4 is 114 Å². The highest BCUT2D eigenvalue weighted by Gasteiger charge is 2.64. The topological polar surface area (TPSA) is 285 Å². The minimum Gasteiger partial charge on any atom is -0.459 e. The van der Waals surface area contributed by atoms with E-state index in [9.17, 15) is 0 Å². The van der Waals surface area contributed by atoms with Gasteiger partial charge in [-0.05, 0) is 64.7 Å². The average Bonchev–Trinajstić information content (AvgIpc) is 1.73. The Hall–Kier alpha value is -8.02. The van der Waals surface area contributed by atoms with Crippen LogP contribution in [0.1, 0.15) is 87.4 Å². The SMILES string of the molecule is CC(C)(C)[Si](C)(C)O[C@H]1[C@H](OCc2ccccc2)[C@@H](OC(=O)c2ccccc2)[C@H](O[C@@H]2[C@@H](NC(=O)C(Cl)(Cl)Cl)[C@H](O[C@H]3[C@H](OCc4ccccc4)[C@@H](OC(=O)c4ccccc4)[C@H](O[C@@H]4[C@H]5N=C(C(Cl)(Cl)Cl)O[C@H]5O[C@@H]5CO[C@@H](c6ccccc6)O[C@@H]45)O[C@@H]3C(=O)OCc3ccccc3)O[C@@H]3CO[C@@H](c4ccccc4)O[C@@H]23)O[C@@H]1C(=O)OCc1ccccc1. The highest BCUT2D eigenvalue weighted by Crippen LogP contribution is 2.48. The van der Waals surface area contributed by atoms with Gasteiger partial charge in [-0.15, -0.1) is 0 Å². The number of rotatable bonds is 27. The Morgan fingerprint density at radius 2 is 0.813 bits per heavy atom. The molecule has 33 heteroatoms. The molecule has 123 heavy (non-hydrogen) atoms. The Kier molecular flexibility index (Phi) is 29.1. The first-order valence-corrected chi connectivity index (χ1v) is 45.2. The van der Waals surface area contributed by atoms with E-state index in [4.69, 9.17) is 164 Å². The van der Waals surface area contributed by atoms with E-state index >= 15 is 24.0 Å². The van der Waals surface area contributed by atoms with E-state index in [2.05, 4.69) is 5.32 Å². The number of benzene rings is 8. The first-order valence-electron chi connectivity index (χ1n) is 40.0. The smallest absolute Gasteiger partial charge is 0.338 e. The molecule has 0 radical (unpaired) electrons. The number of ether oxygens (including phenoxy) is 18.